The Labute approximate surface area is 147 Å². The van der Waals surface area contributed by atoms with Gasteiger partial charge in [-0.05, 0) is 29.8 Å². The van der Waals surface area contributed by atoms with Crippen LogP contribution < -0.4 is 10.1 Å². The van der Waals surface area contributed by atoms with Crippen LogP contribution in [0.1, 0.15) is 5.56 Å². The van der Waals surface area contributed by atoms with Crippen molar-refractivity contribution in [3.8, 4) is 11.5 Å². The number of amides is 3. The van der Waals surface area contributed by atoms with Crippen LogP contribution in [0.2, 0.25) is 0 Å². The van der Waals surface area contributed by atoms with Gasteiger partial charge in [0.1, 0.15) is 17.5 Å². The molecule has 6 nitrogen and oxygen atoms in total. The molecular weight excluding hydrogens is 318 g/mol. The van der Waals surface area contributed by atoms with Crippen LogP contribution >= 0.6 is 0 Å². The maximum absolute atomic E-state index is 12.4. The summed E-state index contributed by atoms with van der Waals surface area (Å²) in [6.07, 6.45) is 0. The number of benzene rings is 2. The van der Waals surface area contributed by atoms with Crippen molar-refractivity contribution in [3.63, 3.8) is 0 Å². The number of nitrogens with zero attached hydrogens (tertiary/aromatic N) is 2. The summed E-state index contributed by atoms with van der Waals surface area (Å²) in [6, 6.07) is 16.5. The molecule has 1 N–H and O–H groups in total. The molecule has 25 heavy (non-hydrogen) atoms. The van der Waals surface area contributed by atoms with Gasteiger partial charge in [-0.2, -0.15) is 0 Å². The fraction of sp³-hybridized carbons (Fsp3) is 0.263. The number of urea groups is 1. The Hall–Kier alpha value is -3.02. The molecule has 0 radical (unpaired) electrons. The molecule has 1 atom stereocenters. The van der Waals surface area contributed by atoms with Gasteiger partial charge in [0, 0.05) is 20.6 Å². The lowest BCUT2D eigenvalue weighted by Gasteiger charge is -2.20. The van der Waals surface area contributed by atoms with Gasteiger partial charge in [0.25, 0.3) is 0 Å². The molecule has 3 rings (SSSR count). The van der Waals surface area contributed by atoms with Crippen LogP contribution in [0.4, 0.5) is 4.79 Å². The largest absolute Gasteiger partial charge is 0.457 e. The third-order valence-electron chi connectivity index (χ3n) is 4.10. The smallest absolute Gasteiger partial charge is 0.317 e. The number of likely N-dealkylation sites (N-methyl/N-ethyl adjacent to an activating group) is 2. The Bertz CT molecular complexity index is 746. The number of carbonyl (C=O) groups is 2. The summed E-state index contributed by atoms with van der Waals surface area (Å²) in [5, 5.41) is 2.68. The monoisotopic (exact) mass is 339 g/mol. The zero-order valence-electron chi connectivity index (χ0n) is 14.3. The van der Waals surface area contributed by atoms with Crippen molar-refractivity contribution in [1.29, 1.82) is 0 Å². The molecule has 1 aliphatic rings. The minimum absolute atomic E-state index is 0.0951. The van der Waals surface area contributed by atoms with Crippen LogP contribution in [0.15, 0.2) is 54.6 Å². The van der Waals surface area contributed by atoms with Crippen LogP contribution in [0.5, 0.6) is 11.5 Å². The SMILES string of the molecule is CN1C[C@@H](C(=O)N(C)Cc2ccc(Oc3ccccc3)cc2)NC1=O. The minimum Gasteiger partial charge on any atom is -0.457 e. The van der Waals surface area contributed by atoms with E-state index in [1.54, 1.807) is 19.0 Å². The average molecular weight is 339 g/mol. The summed E-state index contributed by atoms with van der Waals surface area (Å²) in [6.45, 7) is 0.867. The second kappa shape index (κ2) is 7.25. The molecule has 3 amide bonds. The summed E-state index contributed by atoms with van der Waals surface area (Å²) < 4.78 is 5.76. The number of rotatable bonds is 5. The zero-order chi connectivity index (χ0) is 17.8. The molecule has 130 valence electrons. The lowest BCUT2D eigenvalue weighted by Crippen LogP contribution is -2.43. The molecule has 0 aliphatic carbocycles. The highest BCUT2D eigenvalue weighted by Gasteiger charge is 2.32. The quantitative estimate of drug-likeness (QED) is 0.910. The number of hydrogen-bond acceptors (Lipinski definition) is 3. The van der Waals surface area contributed by atoms with Crippen LogP contribution in [0, 0.1) is 0 Å². The summed E-state index contributed by atoms with van der Waals surface area (Å²) >= 11 is 0. The fourth-order valence-corrected chi connectivity index (χ4v) is 2.71. The normalized spacial score (nSPS) is 16.5. The van der Waals surface area contributed by atoms with Crippen LogP contribution in [-0.2, 0) is 11.3 Å². The Morgan fingerprint density at radius 3 is 2.40 bits per heavy atom. The number of carbonyl (C=O) groups excluding carboxylic acids is 2. The minimum atomic E-state index is -0.483. The molecule has 2 aromatic carbocycles. The Morgan fingerprint density at radius 1 is 1.16 bits per heavy atom. The van der Waals surface area contributed by atoms with Crippen LogP contribution in [0.25, 0.3) is 0 Å². The van der Waals surface area contributed by atoms with Crippen molar-refractivity contribution in [3.05, 3.63) is 60.2 Å². The van der Waals surface area contributed by atoms with Gasteiger partial charge >= 0.3 is 6.03 Å². The molecule has 1 heterocycles. The van der Waals surface area contributed by atoms with Crippen LogP contribution in [-0.4, -0.2) is 48.4 Å². The van der Waals surface area contributed by atoms with Gasteiger partial charge in [0.2, 0.25) is 5.91 Å². The molecule has 0 bridgehead atoms. The molecule has 0 unspecified atom stereocenters. The first-order valence-electron chi connectivity index (χ1n) is 8.11. The van der Waals surface area contributed by atoms with E-state index in [-0.39, 0.29) is 11.9 Å². The van der Waals surface area contributed by atoms with Crippen molar-refractivity contribution >= 4 is 11.9 Å². The van der Waals surface area contributed by atoms with E-state index in [4.69, 9.17) is 4.74 Å². The second-order valence-electron chi connectivity index (χ2n) is 6.14. The first-order valence-corrected chi connectivity index (χ1v) is 8.11. The lowest BCUT2D eigenvalue weighted by molar-refractivity contribution is -0.132. The number of para-hydroxylation sites is 1. The van der Waals surface area contributed by atoms with Gasteiger partial charge in [-0.25, -0.2) is 4.79 Å². The van der Waals surface area contributed by atoms with Gasteiger partial charge in [-0.1, -0.05) is 30.3 Å². The molecule has 1 saturated heterocycles. The predicted molar refractivity (Wildman–Crippen MR) is 94.4 cm³/mol. The molecule has 6 heteroatoms. The average Bonchev–Trinajstić information content (AvgIpc) is 2.96. The molecule has 2 aromatic rings. The van der Waals surface area contributed by atoms with Gasteiger partial charge < -0.3 is 19.9 Å². The summed E-state index contributed by atoms with van der Waals surface area (Å²) in [4.78, 5) is 27.0. The summed E-state index contributed by atoms with van der Waals surface area (Å²) in [5.74, 6) is 1.43. The van der Waals surface area contributed by atoms with E-state index in [0.717, 1.165) is 17.1 Å². The number of ether oxygens (including phenoxy) is 1. The van der Waals surface area contributed by atoms with Crippen molar-refractivity contribution in [2.75, 3.05) is 20.6 Å². The van der Waals surface area contributed by atoms with Crippen molar-refractivity contribution in [1.82, 2.24) is 15.1 Å². The highest BCUT2D eigenvalue weighted by Crippen LogP contribution is 2.21. The van der Waals surface area contributed by atoms with Crippen molar-refractivity contribution < 1.29 is 14.3 Å². The molecule has 1 fully saturated rings. The highest BCUT2D eigenvalue weighted by molar-refractivity contribution is 5.90. The molecule has 0 aromatic heterocycles. The fourth-order valence-electron chi connectivity index (χ4n) is 2.71. The van der Waals surface area contributed by atoms with Gasteiger partial charge in [0.15, 0.2) is 0 Å². The topological polar surface area (TPSA) is 61.9 Å². The Balaban J connectivity index is 1.57. The first-order chi connectivity index (χ1) is 12.0. The maximum Gasteiger partial charge on any atom is 0.317 e. The second-order valence-corrected chi connectivity index (χ2v) is 6.14. The maximum atomic E-state index is 12.4. The third-order valence-corrected chi connectivity index (χ3v) is 4.10. The van der Waals surface area contributed by atoms with E-state index in [9.17, 15) is 9.59 Å². The number of hydrogen-bond donors (Lipinski definition) is 1. The number of nitrogens with one attached hydrogen (secondary N) is 1. The van der Waals surface area contributed by atoms with Crippen LogP contribution in [0.3, 0.4) is 0 Å². The van der Waals surface area contributed by atoms with E-state index in [2.05, 4.69) is 5.32 Å². The van der Waals surface area contributed by atoms with Gasteiger partial charge in [0.05, 0.1) is 6.54 Å². The van der Waals surface area contributed by atoms with Crippen molar-refractivity contribution in [2.45, 2.75) is 12.6 Å². The summed E-state index contributed by atoms with van der Waals surface area (Å²) in [7, 11) is 3.41. The van der Waals surface area contributed by atoms with Gasteiger partial charge in [-0.3, -0.25) is 4.79 Å². The van der Waals surface area contributed by atoms with Crippen molar-refractivity contribution in [2.24, 2.45) is 0 Å². The van der Waals surface area contributed by atoms with E-state index in [0.29, 0.717) is 13.1 Å². The van der Waals surface area contributed by atoms with Gasteiger partial charge in [-0.15, -0.1) is 0 Å². The molecule has 1 aliphatic heterocycles. The zero-order valence-corrected chi connectivity index (χ0v) is 14.3. The highest BCUT2D eigenvalue weighted by atomic mass is 16.5. The summed E-state index contributed by atoms with van der Waals surface area (Å²) in [5.41, 5.74) is 0.994. The standard InChI is InChI=1S/C19H21N3O3/c1-21(18(23)17-13-22(2)19(24)20-17)12-14-8-10-16(11-9-14)25-15-6-4-3-5-7-15/h3-11,17H,12-13H2,1-2H3,(H,20,24)/t17-/m0/s1. The predicted octanol–water partition coefficient (Wildman–Crippen LogP) is 2.46. The van der Waals surface area contributed by atoms with E-state index < -0.39 is 6.04 Å². The Kier molecular flexibility index (Phi) is 4.88. The lowest BCUT2D eigenvalue weighted by atomic mass is 10.2. The molecule has 0 saturated carbocycles. The van der Waals surface area contributed by atoms with E-state index in [1.807, 2.05) is 54.6 Å². The molecular formula is C19H21N3O3. The van der Waals surface area contributed by atoms with E-state index >= 15 is 0 Å². The molecule has 0 spiro atoms. The Morgan fingerprint density at radius 2 is 1.80 bits per heavy atom. The first kappa shape index (κ1) is 16.8. The third kappa shape index (κ3) is 4.09. The van der Waals surface area contributed by atoms with E-state index in [1.165, 1.54) is 4.90 Å².